The van der Waals surface area contributed by atoms with Gasteiger partial charge in [-0.15, -0.1) is 0 Å². The van der Waals surface area contributed by atoms with E-state index < -0.39 is 0 Å². The summed E-state index contributed by atoms with van der Waals surface area (Å²) in [7, 11) is 0. The van der Waals surface area contributed by atoms with Crippen LogP contribution in [0.2, 0.25) is 0 Å². The number of nitrogens with one attached hydrogen (secondary N) is 1. The zero-order chi connectivity index (χ0) is 11.5. The number of hydrogen-bond donors (Lipinski definition) is 2. The van der Waals surface area contributed by atoms with Gasteiger partial charge in [-0.25, -0.2) is 4.98 Å². The van der Waals surface area contributed by atoms with E-state index in [1.165, 1.54) is 6.42 Å². The van der Waals surface area contributed by atoms with Crippen molar-refractivity contribution in [2.24, 2.45) is 11.7 Å². The van der Waals surface area contributed by atoms with Gasteiger partial charge in [0.1, 0.15) is 5.82 Å². The Kier molecular flexibility index (Phi) is 3.39. The van der Waals surface area contributed by atoms with Crippen LogP contribution in [0.4, 0.5) is 5.82 Å². The van der Waals surface area contributed by atoms with Crippen molar-refractivity contribution in [2.45, 2.75) is 39.2 Å². The van der Waals surface area contributed by atoms with Crippen molar-refractivity contribution >= 4 is 5.82 Å². The van der Waals surface area contributed by atoms with Gasteiger partial charge in [0.15, 0.2) is 0 Å². The average molecular weight is 220 g/mol. The van der Waals surface area contributed by atoms with Crippen molar-refractivity contribution in [3.63, 3.8) is 0 Å². The van der Waals surface area contributed by atoms with Crippen molar-refractivity contribution in [1.29, 1.82) is 0 Å². The Balaban J connectivity index is 1.87. The summed E-state index contributed by atoms with van der Waals surface area (Å²) in [5.74, 6) is 1.57. The van der Waals surface area contributed by atoms with Crippen molar-refractivity contribution in [2.75, 3.05) is 11.9 Å². The van der Waals surface area contributed by atoms with Gasteiger partial charge >= 0.3 is 0 Å². The Morgan fingerprint density at radius 3 is 2.81 bits per heavy atom. The third-order valence-electron chi connectivity index (χ3n) is 3.35. The minimum Gasteiger partial charge on any atom is -0.369 e. The molecule has 1 heterocycles. The lowest BCUT2D eigenvalue weighted by atomic mass is 10.1. The van der Waals surface area contributed by atoms with Crippen LogP contribution < -0.4 is 11.1 Å². The molecule has 0 radical (unpaired) electrons. The van der Waals surface area contributed by atoms with E-state index in [0.717, 1.165) is 36.6 Å². The molecule has 0 bridgehead atoms. The lowest BCUT2D eigenvalue weighted by Crippen LogP contribution is -2.18. The summed E-state index contributed by atoms with van der Waals surface area (Å²) in [6, 6.07) is 0.401. The van der Waals surface area contributed by atoms with E-state index in [9.17, 15) is 0 Å². The van der Waals surface area contributed by atoms with Crippen molar-refractivity contribution in [1.82, 2.24) is 9.97 Å². The summed E-state index contributed by atoms with van der Waals surface area (Å²) in [6.07, 6.45) is 5.32. The highest BCUT2D eigenvalue weighted by Gasteiger charge is 2.21. The molecule has 0 spiro atoms. The topological polar surface area (TPSA) is 63.8 Å². The molecule has 2 unspecified atom stereocenters. The fourth-order valence-electron chi connectivity index (χ4n) is 2.17. The highest BCUT2D eigenvalue weighted by molar-refractivity contribution is 5.33. The van der Waals surface area contributed by atoms with Crippen LogP contribution in [0.1, 0.15) is 30.7 Å². The minimum absolute atomic E-state index is 0.401. The number of hydrogen-bond acceptors (Lipinski definition) is 4. The second-order valence-corrected chi connectivity index (χ2v) is 4.75. The van der Waals surface area contributed by atoms with Gasteiger partial charge in [0.25, 0.3) is 0 Å². The van der Waals surface area contributed by atoms with E-state index in [1.54, 1.807) is 6.20 Å². The number of nitrogens with two attached hydrogens (primary N) is 1. The van der Waals surface area contributed by atoms with Crippen molar-refractivity contribution in [3.8, 4) is 0 Å². The summed E-state index contributed by atoms with van der Waals surface area (Å²) < 4.78 is 0. The van der Waals surface area contributed by atoms with E-state index in [2.05, 4.69) is 15.3 Å². The molecule has 4 heteroatoms. The number of aryl methyl sites for hydroxylation is 2. The van der Waals surface area contributed by atoms with Crippen LogP contribution in [0.3, 0.4) is 0 Å². The van der Waals surface area contributed by atoms with E-state index in [4.69, 9.17) is 5.73 Å². The molecule has 16 heavy (non-hydrogen) atoms. The van der Waals surface area contributed by atoms with Crippen LogP contribution in [0.5, 0.6) is 0 Å². The molecule has 1 aromatic rings. The molecular formula is C12H20N4. The molecule has 1 aliphatic rings. The number of rotatable bonds is 3. The third-order valence-corrected chi connectivity index (χ3v) is 3.35. The lowest BCUT2D eigenvalue weighted by Gasteiger charge is -2.12. The zero-order valence-electron chi connectivity index (χ0n) is 10.0. The first-order valence-electron chi connectivity index (χ1n) is 5.95. The predicted octanol–water partition coefficient (Wildman–Crippen LogP) is 1.63. The van der Waals surface area contributed by atoms with Crippen LogP contribution >= 0.6 is 0 Å². The van der Waals surface area contributed by atoms with Gasteiger partial charge in [0, 0.05) is 12.6 Å². The van der Waals surface area contributed by atoms with Gasteiger partial charge < -0.3 is 11.1 Å². The molecule has 88 valence electrons. The molecule has 3 N–H and O–H groups in total. The number of aromatic nitrogens is 2. The standard InChI is InChI=1S/C12H20N4/c1-8-9(2)16-12(7-14-8)15-6-10-3-4-11(13)5-10/h7,10-11H,3-6,13H2,1-2H3,(H,15,16). The monoisotopic (exact) mass is 220 g/mol. The molecule has 1 fully saturated rings. The largest absolute Gasteiger partial charge is 0.369 e. The summed E-state index contributed by atoms with van der Waals surface area (Å²) in [6.45, 7) is 4.92. The molecule has 2 atom stereocenters. The molecule has 0 amide bonds. The third kappa shape index (κ3) is 2.70. The quantitative estimate of drug-likeness (QED) is 0.812. The maximum Gasteiger partial charge on any atom is 0.144 e. The summed E-state index contributed by atoms with van der Waals surface area (Å²) in [4.78, 5) is 8.74. The summed E-state index contributed by atoms with van der Waals surface area (Å²) >= 11 is 0. The Morgan fingerprint density at radius 2 is 2.19 bits per heavy atom. The molecule has 2 rings (SSSR count). The summed E-state index contributed by atoms with van der Waals surface area (Å²) in [5, 5.41) is 3.35. The van der Waals surface area contributed by atoms with E-state index in [0.29, 0.717) is 12.0 Å². The van der Waals surface area contributed by atoms with E-state index >= 15 is 0 Å². The molecule has 1 aromatic heterocycles. The Hall–Kier alpha value is -1.16. The Bertz CT molecular complexity index is 364. The normalized spacial score (nSPS) is 24.7. The second kappa shape index (κ2) is 4.78. The van der Waals surface area contributed by atoms with E-state index in [-0.39, 0.29) is 0 Å². The van der Waals surface area contributed by atoms with Crippen molar-refractivity contribution in [3.05, 3.63) is 17.6 Å². The van der Waals surface area contributed by atoms with Crippen LogP contribution in [0.15, 0.2) is 6.20 Å². The Morgan fingerprint density at radius 1 is 1.38 bits per heavy atom. The maximum atomic E-state index is 5.88. The lowest BCUT2D eigenvalue weighted by molar-refractivity contribution is 0.564. The molecule has 0 aliphatic heterocycles. The number of anilines is 1. The molecule has 1 saturated carbocycles. The predicted molar refractivity (Wildman–Crippen MR) is 65.3 cm³/mol. The Labute approximate surface area is 96.7 Å². The SMILES string of the molecule is Cc1ncc(NCC2CCC(N)C2)nc1C. The van der Waals surface area contributed by atoms with Crippen molar-refractivity contribution < 1.29 is 0 Å². The average Bonchev–Trinajstić information content (AvgIpc) is 2.66. The fourth-order valence-corrected chi connectivity index (χ4v) is 2.17. The first-order valence-corrected chi connectivity index (χ1v) is 5.95. The molecule has 0 saturated heterocycles. The van der Waals surface area contributed by atoms with Gasteiger partial charge in [-0.1, -0.05) is 0 Å². The van der Waals surface area contributed by atoms with Crippen LogP contribution in [0.25, 0.3) is 0 Å². The van der Waals surface area contributed by atoms with E-state index in [1.807, 2.05) is 13.8 Å². The van der Waals surface area contributed by atoms with Crippen LogP contribution in [-0.2, 0) is 0 Å². The van der Waals surface area contributed by atoms with Gasteiger partial charge in [0.05, 0.1) is 17.6 Å². The fraction of sp³-hybridized carbons (Fsp3) is 0.667. The summed E-state index contributed by atoms with van der Waals surface area (Å²) in [5.41, 5.74) is 7.87. The zero-order valence-corrected chi connectivity index (χ0v) is 10.0. The first kappa shape index (κ1) is 11.3. The second-order valence-electron chi connectivity index (χ2n) is 4.75. The smallest absolute Gasteiger partial charge is 0.144 e. The first-order chi connectivity index (χ1) is 7.65. The molecule has 4 nitrogen and oxygen atoms in total. The number of nitrogens with zero attached hydrogens (tertiary/aromatic N) is 2. The van der Waals surface area contributed by atoms with Crippen LogP contribution in [0, 0.1) is 19.8 Å². The molecular weight excluding hydrogens is 200 g/mol. The molecule has 1 aliphatic carbocycles. The highest BCUT2D eigenvalue weighted by Crippen LogP contribution is 2.24. The molecule has 0 aromatic carbocycles. The van der Waals surface area contributed by atoms with Gasteiger partial charge in [-0.05, 0) is 39.0 Å². The van der Waals surface area contributed by atoms with Gasteiger partial charge in [0.2, 0.25) is 0 Å². The van der Waals surface area contributed by atoms with Gasteiger partial charge in [-0.2, -0.15) is 0 Å². The van der Waals surface area contributed by atoms with Crippen LogP contribution in [-0.4, -0.2) is 22.6 Å². The van der Waals surface area contributed by atoms with Gasteiger partial charge in [-0.3, -0.25) is 4.98 Å². The maximum absolute atomic E-state index is 5.88. The minimum atomic E-state index is 0.401. The highest BCUT2D eigenvalue weighted by atomic mass is 15.0.